The summed E-state index contributed by atoms with van der Waals surface area (Å²) in [7, 11) is 7.12. The van der Waals surface area contributed by atoms with Crippen molar-refractivity contribution in [1.82, 2.24) is 9.80 Å². The largest absolute Gasteiger partial charge is 0.459 e. The molecule has 0 saturated carbocycles. The van der Waals surface area contributed by atoms with Crippen molar-refractivity contribution in [2.24, 2.45) is 17.8 Å². The molecule has 9 N–H and O–H groups in total. The highest BCUT2D eigenvalue weighted by atomic mass is 16.7. The number of nitrogens with zero attached hydrogens (tertiary/aromatic N) is 2. The van der Waals surface area contributed by atoms with Crippen LogP contribution in [0, 0.1) is 17.8 Å². The third-order valence-electron chi connectivity index (χ3n) is 12.2. The molecule has 18 atom stereocenters. The zero-order valence-electron chi connectivity index (χ0n) is 35.2. The third-order valence-corrected chi connectivity index (χ3v) is 12.2. The fourth-order valence-electron chi connectivity index (χ4n) is 8.74. The van der Waals surface area contributed by atoms with Gasteiger partial charge in [0, 0.05) is 38.1 Å². The van der Waals surface area contributed by atoms with Gasteiger partial charge in [0.2, 0.25) is 0 Å². The van der Waals surface area contributed by atoms with Gasteiger partial charge in [-0.25, -0.2) is 0 Å². The van der Waals surface area contributed by atoms with Gasteiger partial charge in [0.1, 0.15) is 30.0 Å². The highest BCUT2D eigenvalue weighted by Crippen LogP contribution is 2.40. The molecule has 0 aliphatic carbocycles. The van der Waals surface area contributed by atoms with Gasteiger partial charge in [0.15, 0.2) is 12.6 Å². The Morgan fingerprint density at radius 1 is 0.926 bits per heavy atom. The summed E-state index contributed by atoms with van der Waals surface area (Å²) in [6.07, 6.45) is -8.19. The molecule has 0 aromatic heterocycles. The average molecular weight is 785 g/mol. The molecule has 3 aliphatic rings. The number of rotatable bonds is 7. The number of aliphatic hydroxyl groups excluding tert-OH is 3. The van der Waals surface area contributed by atoms with E-state index in [4.69, 9.17) is 28.4 Å². The minimum Gasteiger partial charge on any atom is -0.459 e. The maximum atomic E-state index is 14.2. The SMILES string of the molecule is CC[C@H]1OC(=O)[C@H](C)[C@@H](OC2CC(C)(OC)C(O)C(C)O2)[C@H](C)[C@@H](OC2OC(C)CC(N(C)C)C2O)[C@](C)(O)C[C@@H](C)CN(C)[C@H](C)[C@@H](O)[C@]1(C)O.O.O. The summed E-state index contributed by atoms with van der Waals surface area (Å²) in [6.45, 7) is 18.0. The van der Waals surface area contributed by atoms with E-state index in [9.17, 15) is 30.3 Å². The van der Waals surface area contributed by atoms with E-state index in [0.717, 1.165) is 0 Å². The molecule has 0 aromatic carbocycles. The normalized spacial score (nSPS) is 47.8. The van der Waals surface area contributed by atoms with Crippen molar-refractivity contribution in [2.75, 3.05) is 34.8 Å². The third kappa shape index (κ3) is 11.3. The van der Waals surface area contributed by atoms with Crippen LogP contribution >= 0.6 is 0 Å². The van der Waals surface area contributed by atoms with Crippen molar-refractivity contribution in [2.45, 2.75) is 185 Å². The molecule has 3 saturated heterocycles. The number of aliphatic hydroxyl groups is 5. The van der Waals surface area contributed by atoms with Gasteiger partial charge in [0.05, 0.1) is 41.5 Å². The van der Waals surface area contributed by atoms with Crippen molar-refractivity contribution in [3.05, 3.63) is 0 Å². The Hall–Kier alpha value is -1.09. The van der Waals surface area contributed by atoms with Gasteiger partial charge in [-0.3, -0.25) is 4.79 Å². The zero-order chi connectivity index (χ0) is 39.7. The van der Waals surface area contributed by atoms with Gasteiger partial charge in [-0.1, -0.05) is 20.8 Å². The summed E-state index contributed by atoms with van der Waals surface area (Å²) in [5.41, 5.74) is -4.37. The molecule has 0 bridgehead atoms. The highest BCUT2D eigenvalue weighted by molar-refractivity contribution is 5.73. The van der Waals surface area contributed by atoms with Gasteiger partial charge >= 0.3 is 5.97 Å². The second-order valence-electron chi connectivity index (χ2n) is 17.2. The summed E-state index contributed by atoms with van der Waals surface area (Å²) < 4.78 is 37.5. The molecular formula is C38H76N2O14. The summed E-state index contributed by atoms with van der Waals surface area (Å²) in [4.78, 5) is 18.0. The van der Waals surface area contributed by atoms with E-state index in [2.05, 4.69) is 0 Å². The first kappa shape index (κ1) is 50.9. The standard InChI is InChI=1S/C38H72N2O12.2H2O/c1-15-27-38(10,46)31(42)24(6)40(13)19-20(2)17-36(8,45)33(52-35-29(41)26(39(11)12)16-21(3)48-35)22(4)30(23(5)34(44)50-27)51-28-18-37(9,47-14)32(43)25(7)49-28;;/h20-33,35,41-43,45-46H,15-19H2,1-14H3;2*1H2/t20-,21?,22+,23-,24-,25?,26?,27-,28?,29?,30+,31-,32?,33-,35?,36-,37?,38-;;/m1../s1. The Labute approximate surface area is 323 Å². The van der Waals surface area contributed by atoms with Crippen molar-refractivity contribution in [3.63, 3.8) is 0 Å². The molecule has 322 valence electrons. The van der Waals surface area contributed by atoms with Crippen LogP contribution in [0.3, 0.4) is 0 Å². The number of esters is 1. The minimum absolute atomic E-state index is 0. The quantitative estimate of drug-likeness (QED) is 0.218. The Bertz CT molecular complexity index is 1150. The topological polar surface area (TPSA) is 243 Å². The van der Waals surface area contributed by atoms with E-state index in [0.29, 0.717) is 13.0 Å². The number of carbonyl (C=O) groups excluding carboxylic acids is 1. The lowest BCUT2D eigenvalue weighted by molar-refractivity contribution is -0.318. The lowest BCUT2D eigenvalue weighted by Gasteiger charge is -2.48. The number of carbonyl (C=O) groups is 1. The zero-order valence-corrected chi connectivity index (χ0v) is 35.2. The van der Waals surface area contributed by atoms with Crippen LogP contribution in [0.2, 0.25) is 0 Å². The number of likely N-dealkylation sites (N-methyl/N-ethyl adjacent to an activating group) is 2. The van der Waals surface area contributed by atoms with Crippen LogP contribution < -0.4 is 0 Å². The minimum atomic E-state index is -1.80. The van der Waals surface area contributed by atoms with E-state index in [1.807, 2.05) is 51.7 Å². The molecule has 0 radical (unpaired) electrons. The van der Waals surface area contributed by atoms with Crippen molar-refractivity contribution in [1.29, 1.82) is 0 Å². The Morgan fingerprint density at radius 2 is 1.52 bits per heavy atom. The van der Waals surface area contributed by atoms with Crippen molar-refractivity contribution >= 4 is 5.97 Å². The molecule has 54 heavy (non-hydrogen) atoms. The van der Waals surface area contributed by atoms with E-state index in [1.54, 1.807) is 41.5 Å². The first-order valence-corrected chi connectivity index (χ1v) is 19.1. The van der Waals surface area contributed by atoms with Crippen LogP contribution in [-0.2, 0) is 33.2 Å². The molecule has 3 aliphatic heterocycles. The Kier molecular flexibility index (Phi) is 18.9. The molecule has 3 heterocycles. The monoisotopic (exact) mass is 785 g/mol. The second kappa shape index (κ2) is 20.1. The molecule has 0 amide bonds. The van der Waals surface area contributed by atoms with Crippen molar-refractivity contribution in [3.8, 4) is 0 Å². The molecule has 3 rings (SSSR count). The Balaban J connectivity index is 0.00000729. The molecule has 16 nitrogen and oxygen atoms in total. The van der Waals surface area contributed by atoms with E-state index < -0.39 is 96.0 Å². The van der Waals surface area contributed by atoms with Crippen LogP contribution in [-0.4, -0.2) is 177 Å². The maximum Gasteiger partial charge on any atom is 0.311 e. The smallest absolute Gasteiger partial charge is 0.311 e. The summed E-state index contributed by atoms with van der Waals surface area (Å²) in [5.74, 6) is -2.58. The van der Waals surface area contributed by atoms with Gasteiger partial charge in [-0.05, 0) is 94.8 Å². The van der Waals surface area contributed by atoms with E-state index in [-0.39, 0.29) is 48.3 Å². The maximum absolute atomic E-state index is 14.2. The number of hydrogen-bond donors (Lipinski definition) is 5. The van der Waals surface area contributed by atoms with Crippen LogP contribution in [0.1, 0.15) is 94.9 Å². The second-order valence-corrected chi connectivity index (χ2v) is 17.2. The average Bonchev–Trinajstić information content (AvgIpc) is 3.05. The first-order chi connectivity index (χ1) is 23.9. The number of hydrogen-bond acceptors (Lipinski definition) is 14. The lowest BCUT2D eigenvalue weighted by Crippen LogP contribution is -2.60. The first-order valence-electron chi connectivity index (χ1n) is 19.1. The summed E-state index contributed by atoms with van der Waals surface area (Å²) in [6, 6.07) is -0.808. The highest BCUT2D eigenvalue weighted by Gasteiger charge is 2.52. The predicted octanol–water partition coefficient (Wildman–Crippen LogP) is 0.251. The summed E-state index contributed by atoms with van der Waals surface area (Å²) >= 11 is 0. The van der Waals surface area contributed by atoms with Crippen LogP contribution in [0.5, 0.6) is 0 Å². The fourth-order valence-corrected chi connectivity index (χ4v) is 8.74. The van der Waals surface area contributed by atoms with Crippen LogP contribution in [0.25, 0.3) is 0 Å². The lowest BCUT2D eigenvalue weighted by atomic mass is 9.77. The molecule has 0 aromatic rings. The van der Waals surface area contributed by atoms with Gasteiger partial charge < -0.3 is 74.7 Å². The molecular weight excluding hydrogens is 708 g/mol. The van der Waals surface area contributed by atoms with Crippen LogP contribution in [0.4, 0.5) is 0 Å². The number of methoxy groups -OCH3 is 1. The molecule has 8 unspecified atom stereocenters. The molecule has 0 spiro atoms. The van der Waals surface area contributed by atoms with Crippen molar-refractivity contribution < 1.29 is 69.7 Å². The Morgan fingerprint density at radius 3 is 2.06 bits per heavy atom. The predicted molar refractivity (Wildman–Crippen MR) is 201 cm³/mol. The summed E-state index contributed by atoms with van der Waals surface area (Å²) in [5, 5.41) is 58.1. The van der Waals surface area contributed by atoms with Gasteiger partial charge in [-0.15, -0.1) is 0 Å². The van der Waals surface area contributed by atoms with Crippen LogP contribution in [0.15, 0.2) is 0 Å². The fraction of sp³-hybridized carbons (Fsp3) is 0.974. The van der Waals surface area contributed by atoms with E-state index in [1.165, 1.54) is 14.0 Å². The number of ether oxygens (including phenoxy) is 6. The molecule has 3 fully saturated rings. The van der Waals surface area contributed by atoms with Gasteiger partial charge in [-0.2, -0.15) is 0 Å². The number of cyclic esters (lactones) is 1. The van der Waals surface area contributed by atoms with E-state index >= 15 is 0 Å². The molecule has 16 heteroatoms. The van der Waals surface area contributed by atoms with Gasteiger partial charge in [0.25, 0.3) is 0 Å².